The molecule has 9 aromatic carbocycles. The number of fused-ring (bicyclic) bond motifs is 4. The maximum absolute atomic E-state index is 2.40. The molecule has 0 amide bonds. The molecule has 2 nitrogen and oxygen atoms in total. The van der Waals surface area contributed by atoms with E-state index in [0.717, 1.165) is 34.9 Å². The first-order chi connectivity index (χ1) is 27.3. The van der Waals surface area contributed by atoms with E-state index < -0.39 is 0 Å². The van der Waals surface area contributed by atoms with Crippen molar-refractivity contribution in [1.29, 1.82) is 0 Å². The molecule has 0 fully saturated rings. The summed E-state index contributed by atoms with van der Waals surface area (Å²) in [6.45, 7) is 0. The highest BCUT2D eigenvalue weighted by Crippen LogP contribution is 2.46. The predicted molar refractivity (Wildman–Crippen MR) is 232 cm³/mol. The van der Waals surface area contributed by atoms with Crippen LogP contribution in [-0.4, -0.2) is 0 Å². The van der Waals surface area contributed by atoms with Gasteiger partial charge in [-0.2, -0.15) is 0 Å². The third kappa shape index (κ3) is 6.14. The molecule has 0 aromatic heterocycles. The number of benzene rings is 9. The van der Waals surface area contributed by atoms with E-state index >= 15 is 0 Å². The van der Waals surface area contributed by atoms with Crippen LogP contribution in [0.1, 0.15) is 11.1 Å². The first-order valence-corrected chi connectivity index (χ1v) is 19.0. The number of rotatable bonds is 8. The minimum absolute atomic E-state index is 0.873. The minimum atomic E-state index is 0.873. The number of hydrogen-bond donors (Lipinski definition) is 0. The summed E-state index contributed by atoms with van der Waals surface area (Å²) < 4.78 is 0. The monoisotopic (exact) mass is 702 g/mol. The third-order valence-corrected chi connectivity index (χ3v) is 10.9. The lowest BCUT2D eigenvalue weighted by Crippen LogP contribution is -2.10. The molecular weight excluding hydrogens is 665 g/mol. The molecule has 0 atom stereocenters. The summed E-state index contributed by atoms with van der Waals surface area (Å²) in [6.07, 6.45) is 0.873. The van der Waals surface area contributed by atoms with Crippen LogP contribution in [0.15, 0.2) is 218 Å². The normalized spacial score (nSPS) is 11.6. The molecule has 2 heteroatoms. The van der Waals surface area contributed by atoms with Crippen LogP contribution in [0.4, 0.5) is 34.1 Å². The van der Waals surface area contributed by atoms with Gasteiger partial charge in [-0.25, -0.2) is 0 Å². The Bertz CT molecular complexity index is 2670. The smallest absolute Gasteiger partial charge is 0.0540 e. The average Bonchev–Trinajstić information content (AvgIpc) is 3.63. The van der Waals surface area contributed by atoms with E-state index in [4.69, 9.17) is 0 Å². The lowest BCUT2D eigenvalue weighted by Gasteiger charge is -2.27. The fraction of sp³-hybridized carbons (Fsp3) is 0.0189. The Kier molecular flexibility index (Phi) is 8.27. The highest BCUT2D eigenvalue weighted by Gasteiger charge is 2.24. The summed E-state index contributed by atoms with van der Waals surface area (Å²) in [4.78, 5) is 4.78. The van der Waals surface area contributed by atoms with Crippen LogP contribution in [0.25, 0.3) is 44.2 Å². The van der Waals surface area contributed by atoms with Crippen molar-refractivity contribution in [2.75, 3.05) is 9.80 Å². The fourth-order valence-corrected chi connectivity index (χ4v) is 8.18. The van der Waals surface area contributed by atoms with Crippen molar-refractivity contribution in [3.05, 3.63) is 230 Å². The van der Waals surface area contributed by atoms with Gasteiger partial charge in [0.25, 0.3) is 0 Å². The van der Waals surface area contributed by atoms with Crippen molar-refractivity contribution in [1.82, 2.24) is 0 Å². The number of anilines is 6. The van der Waals surface area contributed by atoms with Crippen molar-refractivity contribution >= 4 is 44.9 Å². The summed E-state index contributed by atoms with van der Waals surface area (Å²) in [6, 6.07) is 79.0. The zero-order valence-electron chi connectivity index (χ0n) is 30.4. The molecule has 0 unspecified atom stereocenters. The minimum Gasteiger partial charge on any atom is -0.310 e. The second-order valence-corrected chi connectivity index (χ2v) is 14.2. The van der Waals surface area contributed by atoms with Crippen molar-refractivity contribution in [2.24, 2.45) is 0 Å². The number of para-hydroxylation sites is 1. The summed E-state index contributed by atoms with van der Waals surface area (Å²) in [5.41, 5.74) is 17.0. The topological polar surface area (TPSA) is 6.48 Å². The summed E-state index contributed by atoms with van der Waals surface area (Å²) in [5, 5.41) is 2.46. The molecule has 0 spiro atoms. The van der Waals surface area contributed by atoms with Crippen molar-refractivity contribution < 1.29 is 0 Å². The van der Waals surface area contributed by atoms with E-state index in [1.54, 1.807) is 0 Å². The van der Waals surface area contributed by atoms with Gasteiger partial charge in [-0.3, -0.25) is 0 Å². The molecule has 0 bridgehead atoms. The van der Waals surface area contributed by atoms with Gasteiger partial charge in [0.15, 0.2) is 0 Å². The molecule has 10 rings (SSSR count). The predicted octanol–water partition coefficient (Wildman–Crippen LogP) is 14.7. The Labute approximate surface area is 322 Å². The molecule has 0 heterocycles. The molecule has 9 aromatic rings. The Morgan fingerprint density at radius 3 is 1.27 bits per heavy atom. The molecule has 0 aliphatic heterocycles. The third-order valence-electron chi connectivity index (χ3n) is 10.9. The summed E-state index contributed by atoms with van der Waals surface area (Å²) in [7, 11) is 0. The van der Waals surface area contributed by atoms with Crippen molar-refractivity contribution in [3.63, 3.8) is 0 Å². The van der Waals surface area contributed by atoms with Crippen LogP contribution in [0, 0.1) is 0 Å². The second kappa shape index (κ2) is 14.0. The highest BCUT2D eigenvalue weighted by atomic mass is 15.1. The van der Waals surface area contributed by atoms with E-state index in [0.29, 0.717) is 0 Å². The van der Waals surface area contributed by atoms with E-state index in [2.05, 4.69) is 228 Å². The molecule has 0 radical (unpaired) electrons. The van der Waals surface area contributed by atoms with Crippen LogP contribution < -0.4 is 9.80 Å². The Morgan fingerprint density at radius 1 is 0.291 bits per heavy atom. The van der Waals surface area contributed by atoms with Crippen molar-refractivity contribution in [2.45, 2.75) is 6.42 Å². The van der Waals surface area contributed by atoms with Gasteiger partial charge >= 0.3 is 0 Å². The van der Waals surface area contributed by atoms with E-state index in [1.165, 1.54) is 61.0 Å². The Hall–Kier alpha value is -7.16. The van der Waals surface area contributed by atoms with Gasteiger partial charge < -0.3 is 9.80 Å². The van der Waals surface area contributed by atoms with E-state index in [1.807, 2.05) is 0 Å². The highest BCUT2D eigenvalue weighted by molar-refractivity contribution is 5.99. The van der Waals surface area contributed by atoms with E-state index in [9.17, 15) is 0 Å². The molecule has 55 heavy (non-hydrogen) atoms. The van der Waals surface area contributed by atoms with Gasteiger partial charge in [-0.1, -0.05) is 152 Å². The molecular formula is C53H38N2. The standard InChI is InChI=1S/C53H38N2/c1-4-13-38(14-5-1)40-23-27-46(28-24-40)54(47-29-25-41(26-30-47)39-15-6-2-7-16-39)48-31-33-50-43(36-48)35-44-37-49(32-34-51(44)50)55(45-19-8-3-9-20-45)53-22-12-18-42-17-10-11-21-52(42)53/h1-34,36-37H,35H2. The fourth-order valence-electron chi connectivity index (χ4n) is 8.18. The molecule has 0 saturated carbocycles. The molecule has 1 aliphatic rings. The lowest BCUT2D eigenvalue weighted by atomic mass is 10.0. The largest absolute Gasteiger partial charge is 0.310 e. The zero-order valence-corrected chi connectivity index (χ0v) is 30.4. The van der Waals surface area contributed by atoms with Crippen LogP contribution in [-0.2, 0) is 6.42 Å². The number of hydrogen-bond acceptors (Lipinski definition) is 2. The molecule has 1 aliphatic carbocycles. The van der Waals surface area contributed by atoms with Crippen LogP contribution in [0.2, 0.25) is 0 Å². The quantitative estimate of drug-likeness (QED) is 0.156. The number of nitrogens with zero attached hydrogens (tertiary/aromatic N) is 2. The molecule has 0 saturated heterocycles. The van der Waals surface area contributed by atoms with Crippen LogP contribution in [0.5, 0.6) is 0 Å². The molecule has 260 valence electrons. The van der Waals surface area contributed by atoms with Gasteiger partial charge in [0.2, 0.25) is 0 Å². The van der Waals surface area contributed by atoms with Gasteiger partial charge in [0, 0.05) is 33.8 Å². The maximum atomic E-state index is 2.40. The van der Waals surface area contributed by atoms with Crippen molar-refractivity contribution in [3.8, 4) is 33.4 Å². The Balaban J connectivity index is 1.03. The first kappa shape index (κ1) is 32.5. The molecule has 0 N–H and O–H groups in total. The van der Waals surface area contributed by atoms with Gasteiger partial charge in [-0.15, -0.1) is 0 Å². The second-order valence-electron chi connectivity index (χ2n) is 14.2. The Morgan fingerprint density at radius 2 is 0.709 bits per heavy atom. The summed E-state index contributed by atoms with van der Waals surface area (Å²) in [5.74, 6) is 0. The van der Waals surface area contributed by atoms with Gasteiger partial charge in [0.05, 0.1) is 5.69 Å². The maximum Gasteiger partial charge on any atom is 0.0540 e. The zero-order chi connectivity index (χ0) is 36.6. The SMILES string of the molecule is c1ccc(-c2ccc(N(c3ccc(-c4ccccc4)cc3)c3ccc4c(c3)Cc3cc(N(c5ccccc5)c5cccc6ccccc56)ccc3-4)cc2)cc1. The van der Waals surface area contributed by atoms with Crippen LogP contribution in [0.3, 0.4) is 0 Å². The van der Waals surface area contributed by atoms with E-state index in [-0.39, 0.29) is 0 Å². The average molecular weight is 703 g/mol. The summed E-state index contributed by atoms with van der Waals surface area (Å²) >= 11 is 0. The van der Waals surface area contributed by atoms with Gasteiger partial charge in [0.1, 0.15) is 0 Å². The van der Waals surface area contributed by atoms with Crippen LogP contribution >= 0.6 is 0 Å². The first-order valence-electron chi connectivity index (χ1n) is 19.0. The van der Waals surface area contributed by atoms with Gasteiger partial charge in [-0.05, 0) is 123 Å². The lowest BCUT2D eigenvalue weighted by molar-refractivity contribution is 1.22.